The van der Waals surface area contributed by atoms with Gasteiger partial charge in [-0.2, -0.15) is 0 Å². The van der Waals surface area contributed by atoms with Gasteiger partial charge in [0.2, 0.25) is 5.91 Å². The van der Waals surface area contributed by atoms with Crippen LogP contribution in [0.2, 0.25) is 0 Å². The molecule has 1 fully saturated rings. The fourth-order valence-electron chi connectivity index (χ4n) is 10.8. The fourth-order valence-corrected chi connectivity index (χ4v) is 10.8. The highest BCUT2D eigenvalue weighted by molar-refractivity contribution is 5.76. The summed E-state index contributed by atoms with van der Waals surface area (Å²) in [5.41, 5.74) is 0. The number of ether oxygens (including phenoxy) is 2. The van der Waals surface area contributed by atoms with E-state index in [0.717, 1.165) is 141 Å². The summed E-state index contributed by atoms with van der Waals surface area (Å²) in [7, 11) is 0. The molecule has 0 aromatic heterocycles. The van der Waals surface area contributed by atoms with Crippen molar-refractivity contribution in [3.63, 3.8) is 0 Å². The van der Waals surface area contributed by atoms with Gasteiger partial charge in [-0.25, -0.2) is 0 Å². The van der Waals surface area contributed by atoms with Gasteiger partial charge in [-0.05, 0) is 122 Å². The van der Waals surface area contributed by atoms with E-state index in [0.29, 0.717) is 6.42 Å². The molecule has 0 bridgehead atoms. The predicted octanol–water partition coefficient (Wildman–Crippen LogP) is 21.1. The molecular weight excluding hydrogens is 1130 g/mol. The summed E-state index contributed by atoms with van der Waals surface area (Å²) < 4.78 is 11.3. The van der Waals surface area contributed by atoms with Crippen LogP contribution in [0.15, 0.2) is 158 Å². The average molecular weight is 1260 g/mol. The van der Waals surface area contributed by atoms with Crippen LogP contribution < -0.4 is 5.32 Å². The Bertz CT molecular complexity index is 2000. The normalized spacial score (nSPS) is 18.7. The van der Waals surface area contributed by atoms with Gasteiger partial charge in [0.05, 0.1) is 25.4 Å². The molecule has 1 amide bonds. The number of amides is 1. The van der Waals surface area contributed by atoms with Gasteiger partial charge in [0.15, 0.2) is 6.29 Å². The van der Waals surface area contributed by atoms with Crippen molar-refractivity contribution < 1.29 is 39.8 Å². The minimum Gasteiger partial charge on any atom is -0.394 e. The molecule has 0 aromatic carbocycles. The third kappa shape index (κ3) is 57.0. The number of unbranched alkanes of at least 4 members (excludes halogenated alkanes) is 29. The van der Waals surface area contributed by atoms with Crippen LogP contribution in [-0.4, -0.2) is 87.5 Å². The van der Waals surface area contributed by atoms with E-state index in [1.54, 1.807) is 6.08 Å². The number of nitrogens with one attached hydrogen (secondary N) is 1. The Morgan fingerprint density at radius 3 is 1.05 bits per heavy atom. The summed E-state index contributed by atoms with van der Waals surface area (Å²) in [6.07, 6.45) is 101. The molecule has 1 aliphatic rings. The molecule has 518 valence electrons. The number of allylic oxidation sites excluding steroid dienone is 25. The first-order valence-electron chi connectivity index (χ1n) is 37.2. The van der Waals surface area contributed by atoms with E-state index in [1.165, 1.54) is 135 Å². The molecule has 9 heteroatoms. The van der Waals surface area contributed by atoms with Crippen molar-refractivity contribution in [2.75, 3.05) is 13.2 Å². The third-order valence-electron chi connectivity index (χ3n) is 16.6. The van der Waals surface area contributed by atoms with E-state index in [4.69, 9.17) is 9.47 Å². The van der Waals surface area contributed by atoms with Crippen LogP contribution >= 0.6 is 0 Å². The smallest absolute Gasteiger partial charge is 0.220 e. The van der Waals surface area contributed by atoms with Gasteiger partial charge in [-0.3, -0.25) is 4.79 Å². The summed E-state index contributed by atoms with van der Waals surface area (Å²) in [5, 5.41) is 54.8. The Hall–Kier alpha value is -4.19. The number of rotatable bonds is 63. The van der Waals surface area contributed by atoms with Gasteiger partial charge in [0.25, 0.3) is 0 Å². The quantitative estimate of drug-likeness (QED) is 0.0261. The van der Waals surface area contributed by atoms with E-state index in [2.05, 4.69) is 165 Å². The molecule has 0 aliphatic carbocycles. The zero-order valence-electron chi connectivity index (χ0n) is 58.0. The Kier molecular flexibility index (Phi) is 64.0. The molecule has 0 spiro atoms. The van der Waals surface area contributed by atoms with Gasteiger partial charge < -0.3 is 40.3 Å². The predicted molar refractivity (Wildman–Crippen MR) is 391 cm³/mol. The van der Waals surface area contributed by atoms with Crippen molar-refractivity contribution in [3.8, 4) is 0 Å². The number of hydrogen-bond acceptors (Lipinski definition) is 8. The van der Waals surface area contributed by atoms with E-state index in [-0.39, 0.29) is 12.5 Å². The summed E-state index contributed by atoms with van der Waals surface area (Å²) in [5.74, 6) is -0.210. The van der Waals surface area contributed by atoms with Crippen molar-refractivity contribution in [1.82, 2.24) is 5.32 Å². The molecular formula is C82H137NO8. The van der Waals surface area contributed by atoms with Crippen LogP contribution in [0.1, 0.15) is 296 Å². The number of aliphatic hydroxyl groups excluding tert-OH is 5. The van der Waals surface area contributed by atoms with E-state index >= 15 is 0 Å². The van der Waals surface area contributed by atoms with Crippen molar-refractivity contribution in [3.05, 3.63) is 158 Å². The lowest BCUT2D eigenvalue weighted by molar-refractivity contribution is -0.302. The highest BCUT2D eigenvalue weighted by Crippen LogP contribution is 2.23. The summed E-state index contributed by atoms with van der Waals surface area (Å²) in [6, 6.07) is -0.851. The molecule has 7 atom stereocenters. The van der Waals surface area contributed by atoms with Crippen molar-refractivity contribution in [2.24, 2.45) is 0 Å². The average Bonchev–Trinajstić information content (AvgIpc) is 1.70. The number of carbonyl (C=O) groups excluding carboxylic acids is 1. The highest BCUT2D eigenvalue weighted by atomic mass is 16.7. The first-order valence-corrected chi connectivity index (χ1v) is 37.2. The van der Waals surface area contributed by atoms with Gasteiger partial charge in [-0.15, -0.1) is 0 Å². The minimum atomic E-state index is -1.59. The highest BCUT2D eigenvalue weighted by Gasteiger charge is 2.44. The lowest BCUT2D eigenvalue weighted by Crippen LogP contribution is -2.60. The molecule has 0 saturated carbocycles. The van der Waals surface area contributed by atoms with Crippen LogP contribution in [0.5, 0.6) is 0 Å². The second-order valence-electron chi connectivity index (χ2n) is 25.0. The topological polar surface area (TPSA) is 149 Å². The molecule has 1 aliphatic heterocycles. The minimum absolute atomic E-state index is 0.210. The van der Waals surface area contributed by atoms with E-state index < -0.39 is 49.5 Å². The molecule has 0 radical (unpaired) electrons. The van der Waals surface area contributed by atoms with Crippen LogP contribution in [0.4, 0.5) is 0 Å². The number of carbonyl (C=O) groups is 1. The van der Waals surface area contributed by atoms with Crippen LogP contribution in [-0.2, 0) is 14.3 Å². The van der Waals surface area contributed by atoms with Crippen LogP contribution in [0.3, 0.4) is 0 Å². The van der Waals surface area contributed by atoms with E-state index in [9.17, 15) is 30.3 Å². The van der Waals surface area contributed by atoms with Gasteiger partial charge in [0.1, 0.15) is 24.4 Å². The lowest BCUT2D eigenvalue weighted by Gasteiger charge is -2.40. The van der Waals surface area contributed by atoms with E-state index in [1.807, 2.05) is 6.08 Å². The first-order chi connectivity index (χ1) is 44.8. The maximum absolute atomic E-state index is 13.1. The number of aliphatic hydroxyl groups is 5. The Balaban J connectivity index is 2.20. The second kappa shape index (κ2) is 68.7. The maximum Gasteiger partial charge on any atom is 0.220 e. The lowest BCUT2D eigenvalue weighted by atomic mass is 9.99. The molecule has 0 aromatic rings. The fraction of sp³-hybridized carbons (Fsp3) is 0.671. The van der Waals surface area contributed by atoms with Gasteiger partial charge in [-0.1, -0.05) is 326 Å². The second-order valence-corrected chi connectivity index (χ2v) is 25.0. The third-order valence-corrected chi connectivity index (χ3v) is 16.6. The van der Waals surface area contributed by atoms with Crippen LogP contribution in [0, 0.1) is 0 Å². The molecule has 1 saturated heterocycles. The molecule has 6 N–H and O–H groups in total. The maximum atomic E-state index is 13.1. The van der Waals surface area contributed by atoms with Crippen molar-refractivity contribution in [1.29, 1.82) is 0 Å². The zero-order valence-corrected chi connectivity index (χ0v) is 58.0. The monoisotopic (exact) mass is 1260 g/mol. The Morgan fingerprint density at radius 2 is 0.692 bits per heavy atom. The zero-order chi connectivity index (χ0) is 65.7. The summed E-state index contributed by atoms with van der Waals surface area (Å²) >= 11 is 0. The SMILES string of the molecule is CC/C=C\C/C=C\C/C=C\C/C=C\C/C=C\C/C=C\C/C=C\C/C=C\C/C=C\C/C=C\CCCCCCCCC(=O)NC(COC1OC(CO)C(O)C(O)C1O)C(O)/C=C/CC/C=C/CC/C=C/CCCCCCCCCCCCCCCCCCCCCCC. The molecule has 1 rings (SSSR count). The van der Waals surface area contributed by atoms with Crippen molar-refractivity contribution in [2.45, 2.75) is 339 Å². The molecule has 9 nitrogen and oxygen atoms in total. The van der Waals surface area contributed by atoms with Crippen LogP contribution in [0.25, 0.3) is 0 Å². The Labute approximate surface area is 558 Å². The summed E-state index contributed by atoms with van der Waals surface area (Å²) in [6.45, 7) is 3.65. The van der Waals surface area contributed by atoms with Crippen molar-refractivity contribution >= 4 is 5.91 Å². The largest absolute Gasteiger partial charge is 0.394 e. The molecule has 1 heterocycles. The summed E-state index contributed by atoms with van der Waals surface area (Å²) in [4.78, 5) is 13.1. The van der Waals surface area contributed by atoms with Gasteiger partial charge >= 0.3 is 0 Å². The van der Waals surface area contributed by atoms with Gasteiger partial charge in [0, 0.05) is 6.42 Å². The molecule has 7 unspecified atom stereocenters. The Morgan fingerprint density at radius 1 is 0.385 bits per heavy atom. The number of hydrogen-bond donors (Lipinski definition) is 6. The standard InChI is InChI=1S/C82H137NO8/c1-3-5-7-9-11-13-15-17-19-21-23-25-27-29-31-33-35-36-37-38-39-40-42-44-46-48-50-52-54-56-58-60-62-64-66-68-70-72-78(86)83-75(74-90-82-81(89)80(88)79(87)77(73-84)91-82)76(85)71-69-67-65-63-61-59-57-55-53-51-49-47-45-43-41-34-32-30-28-26-24-22-20-18-16-14-12-10-8-6-4-2/h5,7,11,13,17,19,23,25,29,31,35-36,38-39,42,44,48,50,53-56,61,63,69,71,75-77,79-82,84-85,87-89H,3-4,6,8-10,12,14-16,18,20-22,24,26-28,30,32-34,37,40-41,43,45-47,49,51-52,57-60,62,64-68,70,72-74H2,1-2H3,(H,83,86)/b7-5-,13-11-,19-17-,25-23-,31-29-,36-35-,39-38-,44-42-,50-48-,55-53+,56-54-,63-61+,71-69+. The molecule has 91 heavy (non-hydrogen) atoms. The first kappa shape index (κ1) is 84.8.